The average molecular weight is 566 g/mol. The zero-order valence-corrected chi connectivity index (χ0v) is 25.0. The number of aromatic nitrogens is 3. The molecule has 0 amide bonds. The quantitative estimate of drug-likeness (QED) is 0.197. The van der Waals surface area contributed by atoms with Gasteiger partial charge in [0.15, 0.2) is 0 Å². The minimum absolute atomic E-state index is 0.108. The normalized spacial score (nSPS) is 12.2. The maximum absolute atomic E-state index is 12.2. The molecule has 0 aliphatic rings. The van der Waals surface area contributed by atoms with Crippen molar-refractivity contribution >= 4 is 40.4 Å². The van der Waals surface area contributed by atoms with Gasteiger partial charge in [-0.25, -0.2) is 4.98 Å². The van der Waals surface area contributed by atoms with Gasteiger partial charge < -0.3 is 14.4 Å². The van der Waals surface area contributed by atoms with E-state index in [1.54, 1.807) is 31.8 Å². The molecule has 0 fully saturated rings. The molecular formula is C31H36ClN3O3S. The van der Waals surface area contributed by atoms with Gasteiger partial charge in [0.1, 0.15) is 18.0 Å². The summed E-state index contributed by atoms with van der Waals surface area (Å²) in [6.45, 7) is 13.0. The Hall–Kier alpha value is -3.03. The lowest BCUT2D eigenvalue weighted by Gasteiger charge is -2.24. The van der Waals surface area contributed by atoms with Gasteiger partial charge >= 0.3 is 5.97 Å². The molecule has 0 saturated heterocycles. The lowest BCUT2D eigenvalue weighted by molar-refractivity contribution is -0.146. The van der Waals surface area contributed by atoms with Gasteiger partial charge in [-0.15, -0.1) is 11.8 Å². The van der Waals surface area contributed by atoms with Crippen molar-refractivity contribution in [1.82, 2.24) is 14.5 Å². The van der Waals surface area contributed by atoms with Crippen LogP contribution in [0.2, 0.25) is 5.02 Å². The van der Waals surface area contributed by atoms with Crippen LogP contribution in [0.5, 0.6) is 5.75 Å². The van der Waals surface area contributed by atoms with E-state index in [1.807, 2.05) is 42.6 Å². The summed E-state index contributed by atoms with van der Waals surface area (Å²) < 4.78 is 8.16. The molecule has 206 valence electrons. The highest BCUT2D eigenvalue weighted by molar-refractivity contribution is 8.00. The molecule has 4 rings (SSSR count). The lowest BCUT2D eigenvalue weighted by Crippen LogP contribution is -2.28. The van der Waals surface area contributed by atoms with E-state index in [2.05, 4.69) is 43.3 Å². The topological polar surface area (TPSA) is 77.2 Å². The zero-order chi connectivity index (χ0) is 28.4. The number of aliphatic carboxylic acids is 1. The van der Waals surface area contributed by atoms with Crippen molar-refractivity contribution in [3.05, 3.63) is 82.4 Å². The number of hydrogen-bond donors (Lipinski definition) is 1. The molecule has 8 heteroatoms. The first-order valence-corrected chi connectivity index (χ1v) is 14.3. The molecule has 6 nitrogen and oxygen atoms in total. The summed E-state index contributed by atoms with van der Waals surface area (Å²) in [5.74, 6) is -0.191. The molecule has 0 unspecified atom stereocenters. The molecule has 4 aromatic rings. The smallest absolute Gasteiger partial charge is 0.309 e. The van der Waals surface area contributed by atoms with Crippen molar-refractivity contribution in [2.45, 2.75) is 77.2 Å². The van der Waals surface area contributed by atoms with E-state index in [0.717, 1.165) is 39.3 Å². The number of ether oxygens (including phenoxy) is 1. The summed E-state index contributed by atoms with van der Waals surface area (Å²) in [4.78, 5) is 22.6. The number of thioether (sulfide) groups is 1. The standard InChI is InChI=1S/C31H36ClN3O3S/c1-7-20-10-13-23(33-16-20)19-38-24-14-25-27(39-30(2,3)4)26(15-31(5,6)29(36)37)35(28(25)34-17-24)18-21-8-11-22(32)12-9-21/h8-14,16-17H,7,15,18-19H2,1-6H3,(H,36,37). The van der Waals surface area contributed by atoms with Gasteiger partial charge in [0.05, 0.1) is 17.3 Å². The first-order valence-electron chi connectivity index (χ1n) is 13.1. The summed E-state index contributed by atoms with van der Waals surface area (Å²) in [6.07, 6.45) is 4.91. The van der Waals surface area contributed by atoms with Crippen LogP contribution in [0.1, 0.15) is 64.1 Å². The Morgan fingerprint density at radius 3 is 2.31 bits per heavy atom. The van der Waals surface area contributed by atoms with E-state index < -0.39 is 11.4 Å². The number of rotatable bonds is 10. The molecule has 0 aliphatic heterocycles. The van der Waals surface area contributed by atoms with Crippen LogP contribution >= 0.6 is 23.4 Å². The van der Waals surface area contributed by atoms with Crippen LogP contribution in [-0.4, -0.2) is 30.4 Å². The maximum Gasteiger partial charge on any atom is 0.309 e. The molecular weight excluding hydrogens is 530 g/mol. The second kappa shape index (κ2) is 11.6. The molecule has 0 saturated carbocycles. The average Bonchev–Trinajstić information content (AvgIpc) is 3.14. The lowest BCUT2D eigenvalue weighted by atomic mass is 9.88. The number of carboxylic acid groups (broad SMARTS) is 1. The predicted octanol–water partition coefficient (Wildman–Crippen LogP) is 7.82. The molecule has 0 bridgehead atoms. The fourth-order valence-corrected chi connectivity index (χ4v) is 5.54. The van der Waals surface area contributed by atoms with E-state index in [1.165, 1.54) is 5.56 Å². The van der Waals surface area contributed by atoms with E-state index >= 15 is 0 Å². The number of fused-ring (bicyclic) bond motifs is 1. The third-order valence-corrected chi connectivity index (χ3v) is 7.99. The Balaban J connectivity index is 1.81. The summed E-state index contributed by atoms with van der Waals surface area (Å²) in [7, 11) is 0. The number of pyridine rings is 2. The van der Waals surface area contributed by atoms with Gasteiger partial charge in [-0.1, -0.05) is 57.5 Å². The van der Waals surface area contributed by atoms with E-state index in [-0.39, 0.29) is 4.75 Å². The molecule has 1 aromatic carbocycles. The Morgan fingerprint density at radius 2 is 1.72 bits per heavy atom. The number of nitrogens with zero attached hydrogens (tertiary/aromatic N) is 3. The number of aryl methyl sites for hydroxylation is 1. The Bertz CT molecular complexity index is 1460. The Morgan fingerprint density at radius 1 is 1.03 bits per heavy atom. The third kappa shape index (κ3) is 7.14. The van der Waals surface area contributed by atoms with Crippen LogP contribution in [-0.2, 0) is 30.8 Å². The second-order valence-corrected chi connectivity index (χ2v) is 13.7. The number of halogens is 1. The maximum atomic E-state index is 12.2. The van der Waals surface area contributed by atoms with E-state index in [4.69, 9.17) is 21.3 Å². The number of carbonyl (C=O) groups is 1. The van der Waals surface area contributed by atoms with Gasteiger partial charge in [0.2, 0.25) is 0 Å². The summed E-state index contributed by atoms with van der Waals surface area (Å²) in [6, 6.07) is 13.8. The second-order valence-electron chi connectivity index (χ2n) is 11.4. The van der Waals surface area contributed by atoms with Crippen LogP contribution in [0.4, 0.5) is 0 Å². The van der Waals surface area contributed by atoms with Gasteiger partial charge in [-0.2, -0.15) is 0 Å². The van der Waals surface area contributed by atoms with E-state index in [0.29, 0.717) is 30.3 Å². The Kier molecular flexibility index (Phi) is 8.62. The third-order valence-electron chi connectivity index (χ3n) is 6.46. The summed E-state index contributed by atoms with van der Waals surface area (Å²) in [5.41, 5.74) is 3.88. The van der Waals surface area contributed by atoms with Gasteiger partial charge in [0.25, 0.3) is 0 Å². The van der Waals surface area contributed by atoms with Crippen molar-refractivity contribution in [2.24, 2.45) is 5.41 Å². The van der Waals surface area contributed by atoms with Gasteiger partial charge in [-0.3, -0.25) is 9.78 Å². The van der Waals surface area contributed by atoms with Crippen molar-refractivity contribution in [2.75, 3.05) is 0 Å². The number of benzene rings is 1. The molecule has 0 aliphatic carbocycles. The summed E-state index contributed by atoms with van der Waals surface area (Å²) in [5, 5.41) is 11.6. The monoisotopic (exact) mass is 565 g/mol. The minimum atomic E-state index is -0.963. The van der Waals surface area contributed by atoms with Crippen LogP contribution < -0.4 is 4.74 Å². The van der Waals surface area contributed by atoms with Gasteiger partial charge in [0, 0.05) is 44.9 Å². The highest BCUT2D eigenvalue weighted by Crippen LogP contribution is 2.43. The van der Waals surface area contributed by atoms with E-state index in [9.17, 15) is 9.90 Å². The molecule has 1 N–H and O–H groups in total. The first kappa shape index (κ1) is 29.0. The largest absolute Gasteiger partial charge is 0.486 e. The van der Waals surface area contributed by atoms with Crippen LogP contribution in [0.25, 0.3) is 11.0 Å². The SMILES string of the molecule is CCc1ccc(COc2cnc3c(c2)c(SC(C)(C)C)c(CC(C)(C)C(=O)O)n3Cc2ccc(Cl)cc2)nc1. The highest BCUT2D eigenvalue weighted by atomic mass is 35.5. The predicted molar refractivity (Wildman–Crippen MR) is 159 cm³/mol. The number of carboxylic acids is 1. The minimum Gasteiger partial charge on any atom is -0.486 e. The van der Waals surface area contributed by atoms with Crippen LogP contribution in [0.15, 0.2) is 59.8 Å². The van der Waals surface area contributed by atoms with Crippen molar-refractivity contribution in [1.29, 1.82) is 0 Å². The molecule has 0 spiro atoms. The summed E-state index contributed by atoms with van der Waals surface area (Å²) >= 11 is 7.87. The molecule has 39 heavy (non-hydrogen) atoms. The zero-order valence-electron chi connectivity index (χ0n) is 23.4. The fraction of sp³-hybridized carbons (Fsp3) is 0.387. The molecule has 3 aromatic heterocycles. The number of hydrogen-bond acceptors (Lipinski definition) is 5. The van der Waals surface area contributed by atoms with Crippen molar-refractivity contribution < 1.29 is 14.6 Å². The fourth-order valence-electron chi connectivity index (χ4n) is 4.24. The van der Waals surface area contributed by atoms with Gasteiger partial charge in [-0.05, 0) is 55.7 Å². The molecule has 0 radical (unpaired) electrons. The van der Waals surface area contributed by atoms with Crippen LogP contribution in [0.3, 0.4) is 0 Å². The first-order chi connectivity index (χ1) is 18.4. The Labute approximate surface area is 239 Å². The van der Waals surface area contributed by atoms with Crippen molar-refractivity contribution in [3.8, 4) is 5.75 Å². The van der Waals surface area contributed by atoms with Crippen LogP contribution in [0, 0.1) is 5.41 Å². The molecule has 0 atom stereocenters. The molecule has 3 heterocycles. The van der Waals surface area contributed by atoms with Crippen molar-refractivity contribution in [3.63, 3.8) is 0 Å². The highest BCUT2D eigenvalue weighted by Gasteiger charge is 2.33.